The van der Waals surface area contributed by atoms with Crippen LogP contribution in [-0.4, -0.2) is 40.8 Å². The average molecular weight is 352 g/mol. The van der Waals surface area contributed by atoms with Crippen molar-refractivity contribution in [1.82, 2.24) is 4.90 Å². The lowest BCUT2D eigenvalue weighted by Crippen LogP contribution is -2.32. The number of hydrogen-bond acceptors (Lipinski definition) is 4. The van der Waals surface area contributed by atoms with E-state index in [1.807, 2.05) is 29.2 Å². The van der Waals surface area contributed by atoms with Crippen LogP contribution in [0.25, 0.3) is 11.1 Å². The fourth-order valence-corrected chi connectivity index (χ4v) is 3.31. The zero-order valence-electron chi connectivity index (χ0n) is 14.9. The molecular formula is C21H24N2O3. The molecule has 0 saturated carbocycles. The summed E-state index contributed by atoms with van der Waals surface area (Å²) in [5.74, 6) is -0.177. The lowest BCUT2D eigenvalue weighted by molar-refractivity contribution is 0.0761. The molecule has 2 aromatic carbocycles. The maximum absolute atomic E-state index is 12.7. The van der Waals surface area contributed by atoms with Gasteiger partial charge in [0.25, 0.3) is 5.91 Å². The van der Waals surface area contributed by atoms with Crippen molar-refractivity contribution in [2.75, 3.05) is 13.1 Å². The Morgan fingerprint density at radius 1 is 1.04 bits per heavy atom. The number of ketones is 1. The lowest BCUT2D eigenvalue weighted by atomic mass is 9.99. The van der Waals surface area contributed by atoms with Crippen molar-refractivity contribution < 1.29 is 14.7 Å². The predicted molar refractivity (Wildman–Crippen MR) is 101 cm³/mol. The second kappa shape index (κ2) is 7.70. The van der Waals surface area contributed by atoms with E-state index in [9.17, 15) is 14.7 Å². The van der Waals surface area contributed by atoms with Crippen LogP contribution in [-0.2, 0) is 0 Å². The maximum atomic E-state index is 12.7. The van der Waals surface area contributed by atoms with Gasteiger partial charge in [0, 0.05) is 24.7 Å². The number of hydrogen-bond donors (Lipinski definition) is 2. The summed E-state index contributed by atoms with van der Waals surface area (Å²) in [6.07, 6.45) is 2.74. The van der Waals surface area contributed by atoms with Gasteiger partial charge in [-0.25, -0.2) is 0 Å². The molecule has 5 heteroatoms. The molecule has 1 aliphatic heterocycles. The molecule has 3 rings (SSSR count). The Hall–Kier alpha value is -2.66. The molecular weight excluding hydrogens is 328 g/mol. The van der Waals surface area contributed by atoms with Crippen LogP contribution in [0.15, 0.2) is 42.5 Å². The van der Waals surface area contributed by atoms with E-state index in [0.29, 0.717) is 17.7 Å². The van der Waals surface area contributed by atoms with Gasteiger partial charge in [-0.05, 0) is 61.6 Å². The van der Waals surface area contributed by atoms with E-state index in [1.54, 1.807) is 12.1 Å². The Kier molecular flexibility index (Phi) is 5.38. The molecule has 0 bridgehead atoms. The minimum Gasteiger partial charge on any atom is -0.507 e. The Labute approximate surface area is 153 Å². The predicted octanol–water partition coefficient (Wildman–Crippen LogP) is 3.22. The number of aromatic hydroxyl groups is 1. The number of amides is 1. The van der Waals surface area contributed by atoms with Crippen LogP contribution in [0.4, 0.5) is 0 Å². The Bertz CT molecular complexity index is 815. The van der Waals surface area contributed by atoms with Crippen LogP contribution >= 0.6 is 0 Å². The van der Waals surface area contributed by atoms with Crippen molar-refractivity contribution in [3.8, 4) is 16.9 Å². The highest BCUT2D eigenvalue weighted by Crippen LogP contribution is 2.27. The topological polar surface area (TPSA) is 83.6 Å². The molecule has 2 aromatic rings. The minimum absolute atomic E-state index is 0.0209. The zero-order chi connectivity index (χ0) is 18.7. The van der Waals surface area contributed by atoms with Crippen molar-refractivity contribution in [3.05, 3.63) is 53.6 Å². The largest absolute Gasteiger partial charge is 0.507 e. The molecule has 5 nitrogen and oxygen atoms in total. The van der Waals surface area contributed by atoms with Crippen LogP contribution in [0.5, 0.6) is 5.75 Å². The molecule has 0 spiro atoms. The Balaban J connectivity index is 1.79. The van der Waals surface area contributed by atoms with Gasteiger partial charge in [-0.3, -0.25) is 9.59 Å². The van der Waals surface area contributed by atoms with Crippen LogP contribution in [0.1, 0.15) is 46.9 Å². The standard InChI is InChI=1S/C21H24N2O3/c1-14(24)19-13-17(8-9-20(19)25)15-4-6-16(7-5-15)21(26)23-11-2-3-18(22)10-12-23/h4-9,13,18,25H,2-3,10-12,22H2,1H3/t18-/m1/s1. The number of Topliss-reactive ketones (excluding diaryl/α,β-unsaturated/α-hetero) is 1. The molecule has 0 aromatic heterocycles. The number of benzene rings is 2. The molecule has 3 N–H and O–H groups in total. The second-order valence-corrected chi connectivity index (χ2v) is 6.85. The van der Waals surface area contributed by atoms with Crippen LogP contribution in [0.3, 0.4) is 0 Å². The molecule has 1 amide bonds. The van der Waals surface area contributed by atoms with Gasteiger partial charge in [0.15, 0.2) is 5.78 Å². The van der Waals surface area contributed by atoms with Crippen LogP contribution < -0.4 is 5.73 Å². The normalized spacial score (nSPS) is 17.6. The first-order valence-electron chi connectivity index (χ1n) is 8.95. The number of phenols is 1. The average Bonchev–Trinajstić information content (AvgIpc) is 2.86. The molecule has 136 valence electrons. The van der Waals surface area contributed by atoms with Crippen molar-refractivity contribution in [1.29, 1.82) is 0 Å². The van der Waals surface area contributed by atoms with Gasteiger partial charge in [-0.2, -0.15) is 0 Å². The third kappa shape index (κ3) is 3.94. The minimum atomic E-state index is -0.185. The number of rotatable bonds is 3. The van der Waals surface area contributed by atoms with Gasteiger partial charge >= 0.3 is 0 Å². The number of nitrogens with two attached hydrogens (primary N) is 1. The van der Waals surface area contributed by atoms with Crippen LogP contribution in [0, 0.1) is 0 Å². The molecule has 1 saturated heterocycles. The van der Waals surface area contributed by atoms with E-state index in [4.69, 9.17) is 5.73 Å². The first kappa shape index (κ1) is 18.1. The van der Waals surface area contributed by atoms with E-state index >= 15 is 0 Å². The molecule has 1 fully saturated rings. The van der Waals surface area contributed by atoms with E-state index in [-0.39, 0.29) is 23.5 Å². The highest BCUT2D eigenvalue weighted by Gasteiger charge is 2.20. The summed E-state index contributed by atoms with van der Waals surface area (Å²) in [5.41, 5.74) is 8.64. The van der Waals surface area contributed by atoms with E-state index in [2.05, 4.69) is 0 Å². The molecule has 1 atom stereocenters. The summed E-state index contributed by atoms with van der Waals surface area (Å²) in [5, 5.41) is 9.78. The van der Waals surface area contributed by atoms with Crippen LogP contribution in [0.2, 0.25) is 0 Å². The summed E-state index contributed by atoms with van der Waals surface area (Å²) in [4.78, 5) is 26.2. The Morgan fingerprint density at radius 3 is 2.42 bits per heavy atom. The summed E-state index contributed by atoms with van der Waals surface area (Å²) < 4.78 is 0. The zero-order valence-corrected chi connectivity index (χ0v) is 14.9. The molecule has 0 aliphatic carbocycles. The number of phenolic OH excluding ortho intramolecular Hbond substituents is 1. The molecule has 0 unspecified atom stereocenters. The van der Waals surface area contributed by atoms with Crippen molar-refractivity contribution in [2.45, 2.75) is 32.2 Å². The fourth-order valence-electron chi connectivity index (χ4n) is 3.31. The van der Waals surface area contributed by atoms with Gasteiger partial charge in [0.05, 0.1) is 5.56 Å². The fraction of sp³-hybridized carbons (Fsp3) is 0.333. The van der Waals surface area contributed by atoms with Crippen molar-refractivity contribution in [3.63, 3.8) is 0 Å². The van der Waals surface area contributed by atoms with Gasteiger partial charge in [0.2, 0.25) is 0 Å². The summed E-state index contributed by atoms with van der Waals surface area (Å²) >= 11 is 0. The second-order valence-electron chi connectivity index (χ2n) is 6.85. The van der Waals surface area contributed by atoms with Crippen molar-refractivity contribution >= 4 is 11.7 Å². The third-order valence-corrected chi connectivity index (χ3v) is 4.90. The highest BCUT2D eigenvalue weighted by molar-refractivity contribution is 5.98. The number of carbonyl (C=O) groups excluding carboxylic acids is 2. The van der Waals surface area contributed by atoms with E-state index < -0.39 is 0 Å². The first-order chi connectivity index (χ1) is 12.5. The van der Waals surface area contributed by atoms with Crippen molar-refractivity contribution in [2.24, 2.45) is 5.73 Å². The molecule has 26 heavy (non-hydrogen) atoms. The number of nitrogens with zero attached hydrogens (tertiary/aromatic N) is 1. The van der Waals surface area contributed by atoms with Gasteiger partial charge in [0.1, 0.15) is 5.75 Å². The third-order valence-electron chi connectivity index (χ3n) is 4.90. The van der Waals surface area contributed by atoms with Gasteiger partial charge < -0.3 is 15.7 Å². The lowest BCUT2D eigenvalue weighted by Gasteiger charge is -2.20. The summed E-state index contributed by atoms with van der Waals surface area (Å²) in [7, 11) is 0. The molecule has 1 heterocycles. The van der Waals surface area contributed by atoms with Gasteiger partial charge in [-0.1, -0.05) is 18.2 Å². The quantitative estimate of drug-likeness (QED) is 0.831. The van der Waals surface area contributed by atoms with E-state index in [0.717, 1.165) is 36.9 Å². The maximum Gasteiger partial charge on any atom is 0.253 e. The first-order valence-corrected chi connectivity index (χ1v) is 8.95. The smallest absolute Gasteiger partial charge is 0.253 e. The number of likely N-dealkylation sites (tertiary alicyclic amines) is 1. The summed E-state index contributed by atoms with van der Waals surface area (Å²) in [6.45, 7) is 2.86. The SMILES string of the molecule is CC(=O)c1cc(-c2ccc(C(=O)N3CCC[C@@H](N)CC3)cc2)ccc1O. The highest BCUT2D eigenvalue weighted by atomic mass is 16.3. The molecule has 0 radical (unpaired) electrons. The number of carbonyl (C=O) groups is 2. The monoisotopic (exact) mass is 352 g/mol. The van der Waals surface area contributed by atoms with E-state index in [1.165, 1.54) is 13.0 Å². The van der Waals surface area contributed by atoms with Gasteiger partial charge in [-0.15, -0.1) is 0 Å². The Morgan fingerprint density at radius 2 is 1.73 bits per heavy atom. The summed E-state index contributed by atoms with van der Waals surface area (Å²) in [6, 6.07) is 12.5. The molecule has 1 aliphatic rings.